The van der Waals surface area contributed by atoms with Gasteiger partial charge in [0.05, 0.1) is 0 Å². The minimum Gasteiger partial charge on any atom is -0.353 e. The quantitative estimate of drug-likeness (QED) is 0.670. The predicted octanol–water partition coefficient (Wildman–Crippen LogP) is 0.540. The molecule has 0 radical (unpaired) electrons. The van der Waals surface area contributed by atoms with E-state index in [4.69, 9.17) is 0 Å². The van der Waals surface area contributed by atoms with Gasteiger partial charge in [-0.15, -0.1) is 0 Å². The molecule has 0 aromatic rings. The molecule has 1 atom stereocenters. The van der Waals surface area contributed by atoms with Crippen LogP contribution in [0.1, 0.15) is 45.4 Å². The maximum atomic E-state index is 12.1. The molecule has 21 heavy (non-hydrogen) atoms. The van der Waals surface area contributed by atoms with E-state index in [1.165, 1.54) is 0 Å². The van der Waals surface area contributed by atoms with Gasteiger partial charge in [0.2, 0.25) is 17.7 Å². The zero-order valence-electron chi connectivity index (χ0n) is 12.2. The van der Waals surface area contributed by atoms with E-state index >= 15 is 0 Å². The van der Waals surface area contributed by atoms with Crippen molar-refractivity contribution in [2.75, 3.05) is 6.54 Å². The van der Waals surface area contributed by atoms with Crippen molar-refractivity contribution in [3.63, 3.8) is 0 Å². The fourth-order valence-electron chi connectivity index (χ4n) is 2.34. The van der Waals surface area contributed by atoms with Gasteiger partial charge in [0.1, 0.15) is 5.92 Å². The number of nitrogens with one attached hydrogen (secondary N) is 2. The number of imide groups is 2. The SMILES string of the molecule is CCCC1C(=O)NC(=O)N(CCCC(=O)NC2CC2)C1=O. The molecule has 0 spiro atoms. The molecule has 0 aromatic carbocycles. The van der Waals surface area contributed by atoms with Gasteiger partial charge in [0.15, 0.2) is 0 Å². The predicted molar refractivity (Wildman–Crippen MR) is 74.0 cm³/mol. The maximum Gasteiger partial charge on any atom is 0.330 e. The molecular formula is C14H21N3O4. The van der Waals surface area contributed by atoms with Gasteiger partial charge >= 0.3 is 6.03 Å². The van der Waals surface area contributed by atoms with Gasteiger partial charge in [-0.3, -0.25) is 24.6 Å². The van der Waals surface area contributed by atoms with Crippen molar-refractivity contribution in [1.29, 1.82) is 0 Å². The molecule has 7 nitrogen and oxygen atoms in total. The molecule has 1 unspecified atom stereocenters. The third-order valence-corrected chi connectivity index (χ3v) is 3.66. The number of hydrogen-bond acceptors (Lipinski definition) is 4. The minimum absolute atomic E-state index is 0.0523. The van der Waals surface area contributed by atoms with Gasteiger partial charge in [0.25, 0.3) is 0 Å². The summed E-state index contributed by atoms with van der Waals surface area (Å²) in [6, 6.07) is -0.371. The summed E-state index contributed by atoms with van der Waals surface area (Å²) < 4.78 is 0. The lowest BCUT2D eigenvalue weighted by atomic mass is 9.99. The molecule has 1 saturated heterocycles. The molecule has 116 valence electrons. The van der Waals surface area contributed by atoms with E-state index in [0.717, 1.165) is 17.7 Å². The number of carbonyl (C=O) groups is 4. The summed E-state index contributed by atoms with van der Waals surface area (Å²) in [6.07, 6.45) is 3.86. The highest BCUT2D eigenvalue weighted by Crippen LogP contribution is 2.19. The highest BCUT2D eigenvalue weighted by Gasteiger charge is 2.39. The zero-order valence-corrected chi connectivity index (χ0v) is 12.2. The van der Waals surface area contributed by atoms with Crippen molar-refractivity contribution in [2.45, 2.75) is 51.5 Å². The van der Waals surface area contributed by atoms with E-state index in [1.54, 1.807) is 0 Å². The second-order valence-corrected chi connectivity index (χ2v) is 5.57. The summed E-state index contributed by atoms with van der Waals surface area (Å²) in [5.74, 6) is -1.81. The molecular weight excluding hydrogens is 274 g/mol. The molecule has 1 aliphatic heterocycles. The molecule has 2 aliphatic rings. The third-order valence-electron chi connectivity index (χ3n) is 3.66. The Morgan fingerprint density at radius 3 is 2.67 bits per heavy atom. The van der Waals surface area contributed by atoms with Crippen molar-refractivity contribution in [3.05, 3.63) is 0 Å². The average molecular weight is 295 g/mol. The van der Waals surface area contributed by atoms with Crippen molar-refractivity contribution in [2.24, 2.45) is 5.92 Å². The van der Waals surface area contributed by atoms with Crippen LogP contribution in [0.4, 0.5) is 4.79 Å². The van der Waals surface area contributed by atoms with E-state index in [0.29, 0.717) is 25.3 Å². The van der Waals surface area contributed by atoms with Gasteiger partial charge in [-0.25, -0.2) is 4.79 Å². The first kappa shape index (κ1) is 15.5. The number of carbonyl (C=O) groups excluding carboxylic acids is 4. The first-order chi connectivity index (χ1) is 10.0. The number of rotatable bonds is 7. The van der Waals surface area contributed by atoms with Crippen LogP contribution in [0.3, 0.4) is 0 Å². The van der Waals surface area contributed by atoms with Crippen LogP contribution in [0.2, 0.25) is 0 Å². The molecule has 7 heteroatoms. The fourth-order valence-corrected chi connectivity index (χ4v) is 2.34. The third kappa shape index (κ3) is 4.03. The van der Waals surface area contributed by atoms with Gasteiger partial charge in [0, 0.05) is 19.0 Å². The molecule has 0 aromatic heterocycles. The van der Waals surface area contributed by atoms with Crippen LogP contribution in [0, 0.1) is 5.92 Å². The van der Waals surface area contributed by atoms with Crippen molar-refractivity contribution in [1.82, 2.24) is 15.5 Å². The smallest absolute Gasteiger partial charge is 0.330 e. The van der Waals surface area contributed by atoms with Gasteiger partial charge < -0.3 is 5.32 Å². The summed E-state index contributed by atoms with van der Waals surface area (Å²) in [4.78, 5) is 48.1. The minimum atomic E-state index is -0.784. The Labute approximate surface area is 123 Å². The van der Waals surface area contributed by atoms with Crippen LogP contribution in [0.5, 0.6) is 0 Å². The molecule has 1 heterocycles. The van der Waals surface area contributed by atoms with Crippen LogP contribution in [-0.4, -0.2) is 41.2 Å². The first-order valence-corrected chi connectivity index (χ1v) is 7.48. The lowest BCUT2D eigenvalue weighted by molar-refractivity contribution is -0.143. The van der Waals surface area contributed by atoms with Crippen LogP contribution >= 0.6 is 0 Å². The van der Waals surface area contributed by atoms with Crippen molar-refractivity contribution < 1.29 is 19.2 Å². The van der Waals surface area contributed by atoms with E-state index in [1.807, 2.05) is 6.92 Å². The standard InChI is InChI=1S/C14H21N3O4/c1-2-4-10-12(19)16-14(21)17(13(10)20)8-3-5-11(18)15-9-6-7-9/h9-10H,2-8H2,1H3,(H,15,18)(H,16,19,21). The van der Waals surface area contributed by atoms with Gasteiger partial charge in [-0.1, -0.05) is 13.3 Å². The lowest BCUT2D eigenvalue weighted by Crippen LogP contribution is -2.58. The molecule has 1 aliphatic carbocycles. The second kappa shape index (κ2) is 6.69. The number of amides is 5. The Morgan fingerprint density at radius 2 is 2.05 bits per heavy atom. The van der Waals surface area contributed by atoms with Crippen LogP contribution in [0.25, 0.3) is 0 Å². The first-order valence-electron chi connectivity index (χ1n) is 7.48. The normalized spacial score (nSPS) is 22.2. The fraction of sp³-hybridized carbons (Fsp3) is 0.714. The van der Waals surface area contributed by atoms with Gasteiger partial charge in [-0.2, -0.15) is 0 Å². The summed E-state index contributed by atoms with van der Waals surface area (Å²) in [6.45, 7) is 2.04. The molecule has 1 saturated carbocycles. The van der Waals surface area contributed by atoms with E-state index in [2.05, 4.69) is 10.6 Å². The highest BCUT2D eigenvalue weighted by molar-refractivity contribution is 6.16. The van der Waals surface area contributed by atoms with E-state index in [-0.39, 0.29) is 18.9 Å². The van der Waals surface area contributed by atoms with E-state index < -0.39 is 23.8 Å². The Bertz CT molecular complexity index is 459. The Morgan fingerprint density at radius 1 is 1.33 bits per heavy atom. The lowest BCUT2D eigenvalue weighted by Gasteiger charge is -2.29. The second-order valence-electron chi connectivity index (χ2n) is 5.57. The summed E-state index contributed by atoms with van der Waals surface area (Å²) in [5.41, 5.74) is 0. The number of barbiturate groups is 1. The molecule has 2 N–H and O–H groups in total. The number of urea groups is 1. The van der Waals surface area contributed by atoms with Crippen molar-refractivity contribution in [3.8, 4) is 0 Å². The Hall–Kier alpha value is -1.92. The van der Waals surface area contributed by atoms with E-state index in [9.17, 15) is 19.2 Å². The van der Waals surface area contributed by atoms with Crippen LogP contribution < -0.4 is 10.6 Å². The number of hydrogen-bond donors (Lipinski definition) is 2. The monoisotopic (exact) mass is 295 g/mol. The van der Waals surface area contributed by atoms with Crippen LogP contribution in [-0.2, 0) is 14.4 Å². The maximum absolute atomic E-state index is 12.1. The highest BCUT2D eigenvalue weighted by atomic mass is 16.2. The molecule has 0 bridgehead atoms. The summed E-state index contributed by atoms with van der Waals surface area (Å²) in [5, 5.41) is 5.05. The van der Waals surface area contributed by atoms with Crippen molar-refractivity contribution >= 4 is 23.8 Å². The summed E-state index contributed by atoms with van der Waals surface area (Å²) >= 11 is 0. The topological polar surface area (TPSA) is 95.6 Å². The Kier molecular flexibility index (Phi) is 4.93. The Balaban J connectivity index is 1.82. The number of nitrogens with zero attached hydrogens (tertiary/aromatic N) is 1. The van der Waals surface area contributed by atoms with Crippen LogP contribution in [0.15, 0.2) is 0 Å². The zero-order chi connectivity index (χ0) is 15.4. The van der Waals surface area contributed by atoms with Gasteiger partial charge in [-0.05, 0) is 25.7 Å². The molecule has 5 amide bonds. The average Bonchev–Trinajstić information content (AvgIpc) is 3.22. The molecule has 2 fully saturated rings. The summed E-state index contributed by atoms with van der Waals surface area (Å²) in [7, 11) is 0. The largest absolute Gasteiger partial charge is 0.353 e. The molecule has 2 rings (SSSR count).